The molecular weight excluding hydrogens is 452 g/mol. The van der Waals surface area contributed by atoms with Crippen LogP contribution in [0.15, 0.2) is 51.9 Å². The van der Waals surface area contributed by atoms with Crippen molar-refractivity contribution >= 4 is 74.1 Å². The van der Waals surface area contributed by atoms with Crippen LogP contribution in [0.25, 0.3) is 17.3 Å². The monoisotopic (exact) mass is 462 g/mol. The Morgan fingerprint density at radius 2 is 2.04 bits per heavy atom. The van der Waals surface area contributed by atoms with Gasteiger partial charge >= 0.3 is 0 Å². The summed E-state index contributed by atoms with van der Waals surface area (Å²) in [6.45, 7) is 1.97. The maximum absolute atomic E-state index is 10.8. The molecule has 0 saturated carbocycles. The van der Waals surface area contributed by atoms with E-state index in [1.54, 1.807) is 10.6 Å². The Hall–Kier alpha value is -1.73. The van der Waals surface area contributed by atoms with E-state index in [2.05, 4.69) is 20.9 Å². The fourth-order valence-electron chi connectivity index (χ4n) is 2.88. The maximum Gasteiger partial charge on any atom is 0.215 e. The minimum absolute atomic E-state index is 0.100. The minimum Gasteiger partial charge on any atom is -0.493 e. The molecule has 0 radical (unpaired) electrons. The predicted molar refractivity (Wildman–Crippen MR) is 116 cm³/mol. The van der Waals surface area contributed by atoms with Gasteiger partial charge in [-0.2, -0.15) is 0 Å². The molecule has 7 heteroatoms. The molecule has 0 spiro atoms. The molecule has 0 saturated heterocycles. The Kier molecular flexibility index (Phi) is 4.61. The number of thiazole rings is 1. The summed E-state index contributed by atoms with van der Waals surface area (Å²) < 4.78 is 2.97. The Morgan fingerprint density at radius 3 is 2.81 bits per heavy atom. The summed E-state index contributed by atoms with van der Waals surface area (Å²) in [7, 11) is 0. The third-order valence-electron chi connectivity index (χ3n) is 4.12. The van der Waals surface area contributed by atoms with Crippen LogP contribution in [0.2, 0.25) is 5.02 Å². The van der Waals surface area contributed by atoms with Crippen LogP contribution in [-0.2, 0) is 0 Å². The molecular formula is C19H12BrClN2OS2. The van der Waals surface area contributed by atoms with Gasteiger partial charge in [0.15, 0.2) is 3.95 Å². The van der Waals surface area contributed by atoms with Crippen LogP contribution in [0.1, 0.15) is 17.4 Å². The fourth-order valence-corrected chi connectivity index (χ4v) is 4.59. The molecule has 1 N–H and O–H groups in total. The van der Waals surface area contributed by atoms with Gasteiger partial charge in [0.2, 0.25) is 5.88 Å². The summed E-state index contributed by atoms with van der Waals surface area (Å²) in [5.74, 6) is 0.100. The molecule has 1 aliphatic heterocycles. The number of hydrogen-bond donors (Lipinski definition) is 1. The lowest BCUT2D eigenvalue weighted by molar-refractivity contribution is 0.441. The zero-order valence-electron chi connectivity index (χ0n) is 13.5. The molecule has 3 aromatic rings. The normalized spacial score (nSPS) is 14.6. The first kappa shape index (κ1) is 17.7. The predicted octanol–water partition coefficient (Wildman–Crippen LogP) is 7.04. The molecule has 4 rings (SSSR count). The van der Waals surface area contributed by atoms with Gasteiger partial charge in [0.25, 0.3) is 0 Å². The van der Waals surface area contributed by atoms with Crippen LogP contribution >= 0.6 is 51.1 Å². The summed E-state index contributed by atoms with van der Waals surface area (Å²) in [4.78, 5) is 5.27. The molecule has 0 unspecified atom stereocenters. The number of rotatable bonds is 2. The van der Waals surface area contributed by atoms with Crippen molar-refractivity contribution in [2.24, 2.45) is 4.99 Å². The first-order valence-electron chi connectivity index (χ1n) is 7.72. The summed E-state index contributed by atoms with van der Waals surface area (Å²) in [5.41, 5.74) is 4.63. The highest BCUT2D eigenvalue weighted by Crippen LogP contribution is 2.39. The first-order valence-corrected chi connectivity index (χ1v) is 10.1. The van der Waals surface area contributed by atoms with Crippen LogP contribution in [-0.4, -0.2) is 15.4 Å². The van der Waals surface area contributed by atoms with E-state index >= 15 is 0 Å². The van der Waals surface area contributed by atoms with Gasteiger partial charge in [0.05, 0.1) is 21.3 Å². The number of fused-ring (bicyclic) bond motifs is 1. The molecule has 0 atom stereocenters. The highest BCUT2D eigenvalue weighted by molar-refractivity contribution is 9.10. The number of hydrogen-bond acceptors (Lipinski definition) is 4. The number of aromatic hydroxyl groups is 1. The lowest BCUT2D eigenvalue weighted by atomic mass is 10.0. The van der Waals surface area contributed by atoms with E-state index in [4.69, 9.17) is 23.8 Å². The van der Waals surface area contributed by atoms with Crippen molar-refractivity contribution in [3.05, 3.63) is 66.4 Å². The minimum atomic E-state index is 0.100. The van der Waals surface area contributed by atoms with E-state index in [1.807, 2.05) is 49.4 Å². The lowest BCUT2D eigenvalue weighted by Gasteiger charge is -2.06. The van der Waals surface area contributed by atoms with E-state index in [9.17, 15) is 5.11 Å². The number of nitrogens with zero attached hydrogens (tertiary/aromatic N) is 2. The van der Waals surface area contributed by atoms with Crippen LogP contribution in [0.4, 0.5) is 5.69 Å². The van der Waals surface area contributed by atoms with Gasteiger partial charge in [-0.15, -0.1) is 11.3 Å². The van der Waals surface area contributed by atoms with E-state index < -0.39 is 0 Å². The number of benzene rings is 2. The van der Waals surface area contributed by atoms with Crippen molar-refractivity contribution < 1.29 is 5.11 Å². The van der Waals surface area contributed by atoms with Gasteiger partial charge in [-0.3, -0.25) is 9.56 Å². The van der Waals surface area contributed by atoms with E-state index in [0.29, 0.717) is 13.9 Å². The van der Waals surface area contributed by atoms with Crippen molar-refractivity contribution in [2.75, 3.05) is 0 Å². The largest absolute Gasteiger partial charge is 0.493 e. The number of halogens is 2. The van der Waals surface area contributed by atoms with E-state index in [0.717, 1.165) is 32.7 Å². The van der Waals surface area contributed by atoms with Crippen molar-refractivity contribution in [3.63, 3.8) is 0 Å². The summed E-state index contributed by atoms with van der Waals surface area (Å²) in [5, 5.41) is 11.3. The van der Waals surface area contributed by atoms with Crippen molar-refractivity contribution in [1.82, 2.24) is 4.57 Å². The Balaban J connectivity index is 1.85. The van der Waals surface area contributed by atoms with Gasteiger partial charge in [-0.05, 0) is 65.4 Å². The topological polar surface area (TPSA) is 37.5 Å². The van der Waals surface area contributed by atoms with Gasteiger partial charge in [0, 0.05) is 21.3 Å². The molecule has 0 bridgehead atoms. The second-order valence-corrected chi connectivity index (χ2v) is 8.70. The van der Waals surface area contributed by atoms with Crippen molar-refractivity contribution in [3.8, 4) is 11.6 Å². The lowest BCUT2D eigenvalue weighted by Crippen LogP contribution is -1.93. The second kappa shape index (κ2) is 6.78. The van der Waals surface area contributed by atoms with E-state index in [-0.39, 0.29) is 5.88 Å². The molecule has 26 heavy (non-hydrogen) atoms. The fraction of sp³-hybridized carbons (Fsp3) is 0.0526. The number of aromatic nitrogens is 1. The highest BCUT2D eigenvalue weighted by Gasteiger charge is 2.19. The maximum atomic E-state index is 10.8. The summed E-state index contributed by atoms with van der Waals surface area (Å²) >= 11 is 16.4. The summed E-state index contributed by atoms with van der Waals surface area (Å²) in [6.07, 6.45) is 1.94. The summed E-state index contributed by atoms with van der Waals surface area (Å²) in [6, 6.07) is 13.4. The number of para-hydroxylation sites is 1. The molecule has 1 aliphatic rings. The second-order valence-electron chi connectivity index (χ2n) is 5.76. The molecule has 0 amide bonds. The highest BCUT2D eigenvalue weighted by atomic mass is 79.9. The zero-order chi connectivity index (χ0) is 18.4. The molecule has 130 valence electrons. The Morgan fingerprint density at radius 1 is 1.27 bits per heavy atom. The van der Waals surface area contributed by atoms with Crippen LogP contribution in [0.5, 0.6) is 5.88 Å². The molecule has 2 heterocycles. The standard InChI is InChI=1S/C19H12BrClN2OS2/c1-10-13(12-4-2-3-5-16(12)22-10)9-17-18(24)23(19(25)26-17)11-6-7-14(20)15(21)8-11/h2-9,24H,1H3. The van der Waals surface area contributed by atoms with Gasteiger partial charge in [0.1, 0.15) is 0 Å². The van der Waals surface area contributed by atoms with Gasteiger partial charge < -0.3 is 5.11 Å². The third-order valence-corrected chi connectivity index (χ3v) is 6.66. The Bertz CT molecular complexity index is 1160. The molecule has 0 fully saturated rings. The number of allylic oxidation sites excluding steroid dienone is 1. The molecule has 1 aromatic heterocycles. The quantitative estimate of drug-likeness (QED) is 0.414. The van der Waals surface area contributed by atoms with Crippen LogP contribution in [0, 0.1) is 3.95 Å². The van der Waals surface area contributed by atoms with Crippen LogP contribution < -0.4 is 0 Å². The molecule has 0 aliphatic carbocycles. The third kappa shape index (κ3) is 2.97. The zero-order valence-corrected chi connectivity index (χ0v) is 17.5. The van der Waals surface area contributed by atoms with E-state index in [1.165, 1.54) is 11.3 Å². The molecule has 2 aromatic carbocycles. The Labute approximate surface area is 173 Å². The molecule has 3 nitrogen and oxygen atoms in total. The van der Waals surface area contributed by atoms with Gasteiger partial charge in [-0.1, -0.05) is 29.8 Å². The van der Waals surface area contributed by atoms with Gasteiger partial charge in [-0.25, -0.2) is 0 Å². The van der Waals surface area contributed by atoms with Crippen molar-refractivity contribution in [2.45, 2.75) is 6.92 Å². The average molecular weight is 464 g/mol. The smallest absolute Gasteiger partial charge is 0.215 e. The average Bonchev–Trinajstić information content (AvgIpc) is 3.07. The first-order chi connectivity index (χ1) is 12.5. The van der Waals surface area contributed by atoms with Crippen molar-refractivity contribution in [1.29, 1.82) is 0 Å². The SMILES string of the molecule is CC1=Nc2ccccc2C1=Cc1sc(=S)n(-c2ccc(Br)c(Cl)c2)c1O. The van der Waals surface area contributed by atoms with Crippen LogP contribution in [0.3, 0.4) is 0 Å². The number of aliphatic imine (C=N–C) groups is 1.